The van der Waals surface area contributed by atoms with E-state index in [1.54, 1.807) is 17.8 Å². The van der Waals surface area contributed by atoms with Crippen LogP contribution in [-0.2, 0) is 14.8 Å². The summed E-state index contributed by atoms with van der Waals surface area (Å²) in [7, 11) is -3.75. The van der Waals surface area contributed by atoms with Gasteiger partial charge in [0.1, 0.15) is 10.3 Å². The van der Waals surface area contributed by atoms with Gasteiger partial charge in [-0.25, -0.2) is 13.4 Å². The highest BCUT2D eigenvalue weighted by Crippen LogP contribution is 2.33. The molecule has 0 unspecified atom stereocenters. The predicted molar refractivity (Wildman–Crippen MR) is 116 cm³/mol. The van der Waals surface area contributed by atoms with Crippen molar-refractivity contribution >= 4 is 77.3 Å². The van der Waals surface area contributed by atoms with E-state index >= 15 is 0 Å². The summed E-state index contributed by atoms with van der Waals surface area (Å²) in [5.74, 6) is -0.354. The predicted octanol–water partition coefficient (Wildman–Crippen LogP) is 4.52. The average Bonchev–Trinajstić information content (AvgIpc) is 3.39. The summed E-state index contributed by atoms with van der Waals surface area (Å²) in [5.41, 5.74) is 0.808. The van der Waals surface area contributed by atoms with Crippen LogP contribution in [0.4, 0.5) is 5.13 Å². The molecule has 6 nitrogen and oxygen atoms in total. The standard InChI is InChI=1S/C17H16ClN3O3S4/c1-25-10-4-5-11-13(9-10)26-17(19-11)20-16(22)12-3-2-8-21(12)28(23,24)15-7-6-14(18)27-15/h4-7,9,12H,2-3,8H2,1H3,(H,19,20,22)/t12-/m1/s1. The first-order chi connectivity index (χ1) is 13.4. The molecule has 1 aromatic carbocycles. The number of fused-ring (bicyclic) bond motifs is 1. The highest BCUT2D eigenvalue weighted by atomic mass is 35.5. The molecule has 1 amide bonds. The summed E-state index contributed by atoms with van der Waals surface area (Å²) in [4.78, 5) is 18.4. The van der Waals surface area contributed by atoms with Crippen molar-refractivity contribution in [2.75, 3.05) is 18.1 Å². The number of anilines is 1. The lowest BCUT2D eigenvalue weighted by Gasteiger charge is -2.22. The van der Waals surface area contributed by atoms with Crippen LogP contribution in [0, 0.1) is 0 Å². The summed E-state index contributed by atoms with van der Waals surface area (Å²) < 4.78 is 28.6. The summed E-state index contributed by atoms with van der Waals surface area (Å²) in [5, 5.41) is 3.28. The fraction of sp³-hybridized carbons (Fsp3) is 0.294. The Kier molecular flexibility index (Phi) is 5.69. The maximum Gasteiger partial charge on any atom is 0.253 e. The van der Waals surface area contributed by atoms with Crippen molar-refractivity contribution in [1.82, 2.24) is 9.29 Å². The lowest BCUT2D eigenvalue weighted by atomic mass is 10.2. The molecule has 4 rings (SSSR count). The van der Waals surface area contributed by atoms with Crippen molar-refractivity contribution in [3.8, 4) is 0 Å². The third-order valence-corrected chi connectivity index (χ3v) is 9.71. The molecule has 0 saturated carbocycles. The minimum absolute atomic E-state index is 0.154. The molecular weight excluding hydrogens is 458 g/mol. The van der Waals surface area contributed by atoms with Gasteiger partial charge in [-0.05, 0) is 49.4 Å². The maximum atomic E-state index is 12.9. The van der Waals surface area contributed by atoms with Gasteiger partial charge in [0.2, 0.25) is 5.91 Å². The average molecular weight is 474 g/mol. The Balaban J connectivity index is 1.55. The highest BCUT2D eigenvalue weighted by molar-refractivity contribution is 7.98. The number of carbonyl (C=O) groups excluding carboxylic acids is 1. The molecular formula is C17H16ClN3O3S4. The van der Waals surface area contributed by atoms with E-state index in [9.17, 15) is 13.2 Å². The number of hydrogen-bond donors (Lipinski definition) is 1. The number of thiazole rings is 1. The molecule has 1 aliphatic rings. The van der Waals surface area contributed by atoms with Gasteiger partial charge in [0, 0.05) is 11.4 Å². The zero-order chi connectivity index (χ0) is 19.9. The van der Waals surface area contributed by atoms with Gasteiger partial charge in [0.15, 0.2) is 5.13 Å². The van der Waals surface area contributed by atoms with Crippen LogP contribution in [-0.4, -0.2) is 42.5 Å². The van der Waals surface area contributed by atoms with Crippen molar-refractivity contribution in [1.29, 1.82) is 0 Å². The van der Waals surface area contributed by atoms with Crippen LogP contribution in [0.25, 0.3) is 10.2 Å². The van der Waals surface area contributed by atoms with E-state index in [2.05, 4.69) is 10.3 Å². The van der Waals surface area contributed by atoms with Crippen LogP contribution in [0.2, 0.25) is 4.34 Å². The zero-order valence-corrected chi connectivity index (χ0v) is 18.7. The van der Waals surface area contributed by atoms with Crippen LogP contribution >= 0.6 is 46.0 Å². The van der Waals surface area contributed by atoms with Crippen molar-refractivity contribution in [2.24, 2.45) is 0 Å². The monoisotopic (exact) mass is 473 g/mol. The molecule has 0 bridgehead atoms. The normalized spacial score (nSPS) is 18.0. The van der Waals surface area contributed by atoms with Gasteiger partial charge in [0.05, 0.1) is 14.6 Å². The molecule has 0 aliphatic carbocycles. The number of sulfonamides is 1. The Morgan fingerprint density at radius 2 is 2.14 bits per heavy atom. The van der Waals surface area contributed by atoms with Gasteiger partial charge >= 0.3 is 0 Å². The van der Waals surface area contributed by atoms with E-state index in [4.69, 9.17) is 11.6 Å². The topological polar surface area (TPSA) is 79.4 Å². The van der Waals surface area contributed by atoms with E-state index in [0.29, 0.717) is 28.9 Å². The zero-order valence-electron chi connectivity index (χ0n) is 14.7. The molecule has 1 atom stereocenters. The number of aromatic nitrogens is 1. The van der Waals surface area contributed by atoms with Crippen molar-refractivity contribution in [2.45, 2.75) is 28.0 Å². The van der Waals surface area contributed by atoms with E-state index in [-0.39, 0.29) is 10.1 Å². The molecule has 1 N–H and O–H groups in total. The van der Waals surface area contributed by atoms with Crippen molar-refractivity contribution < 1.29 is 13.2 Å². The molecule has 1 saturated heterocycles. The van der Waals surface area contributed by atoms with Crippen LogP contribution in [0.1, 0.15) is 12.8 Å². The first-order valence-electron chi connectivity index (χ1n) is 8.41. The second-order valence-electron chi connectivity index (χ2n) is 6.17. The van der Waals surface area contributed by atoms with Gasteiger partial charge in [-0.1, -0.05) is 22.9 Å². The van der Waals surface area contributed by atoms with Gasteiger partial charge in [-0.15, -0.1) is 23.1 Å². The molecule has 3 aromatic rings. The molecule has 0 radical (unpaired) electrons. The number of nitrogens with zero attached hydrogens (tertiary/aromatic N) is 2. The first-order valence-corrected chi connectivity index (χ1v) is 13.1. The highest BCUT2D eigenvalue weighted by Gasteiger charge is 2.40. The van der Waals surface area contributed by atoms with Crippen LogP contribution < -0.4 is 5.32 Å². The third kappa shape index (κ3) is 3.81. The Bertz CT molecular complexity index is 1140. The fourth-order valence-corrected chi connectivity index (χ4v) is 7.81. The summed E-state index contributed by atoms with van der Waals surface area (Å²) >= 11 is 9.91. The molecule has 1 aliphatic heterocycles. The molecule has 2 aromatic heterocycles. The Morgan fingerprint density at radius 3 is 2.86 bits per heavy atom. The van der Waals surface area contributed by atoms with Gasteiger partial charge < -0.3 is 5.32 Å². The maximum absolute atomic E-state index is 12.9. The Hall–Kier alpha value is -1.17. The van der Waals surface area contributed by atoms with Crippen molar-refractivity contribution in [3.63, 3.8) is 0 Å². The van der Waals surface area contributed by atoms with E-state index in [0.717, 1.165) is 26.4 Å². The summed E-state index contributed by atoms with van der Waals surface area (Å²) in [6.45, 7) is 0.312. The number of benzene rings is 1. The van der Waals surface area contributed by atoms with E-state index < -0.39 is 16.1 Å². The third-order valence-electron chi connectivity index (χ3n) is 4.44. The number of nitrogens with one attached hydrogen (secondary N) is 1. The number of carbonyl (C=O) groups is 1. The Morgan fingerprint density at radius 1 is 1.32 bits per heavy atom. The minimum Gasteiger partial charge on any atom is -0.301 e. The van der Waals surface area contributed by atoms with Crippen LogP contribution in [0.5, 0.6) is 0 Å². The van der Waals surface area contributed by atoms with E-state index in [1.165, 1.54) is 21.7 Å². The number of thioether (sulfide) groups is 1. The molecule has 148 valence electrons. The Labute approximate surface area is 180 Å². The van der Waals surface area contributed by atoms with Crippen LogP contribution in [0.3, 0.4) is 0 Å². The first kappa shape index (κ1) is 20.1. The minimum atomic E-state index is -3.75. The number of hydrogen-bond acceptors (Lipinski definition) is 7. The summed E-state index contributed by atoms with van der Waals surface area (Å²) in [6, 6.07) is 8.20. The quantitative estimate of drug-likeness (QED) is 0.551. The SMILES string of the molecule is CSc1ccc2nc(NC(=O)[C@H]3CCCN3S(=O)(=O)c3ccc(Cl)s3)sc2c1. The van der Waals surface area contributed by atoms with Crippen molar-refractivity contribution in [3.05, 3.63) is 34.7 Å². The van der Waals surface area contributed by atoms with Gasteiger partial charge in [0.25, 0.3) is 10.0 Å². The van der Waals surface area contributed by atoms with E-state index in [1.807, 2.05) is 24.5 Å². The summed E-state index contributed by atoms with van der Waals surface area (Å²) in [6.07, 6.45) is 3.11. The lowest BCUT2D eigenvalue weighted by Crippen LogP contribution is -2.42. The second-order valence-corrected chi connectivity index (χ2v) is 11.9. The number of rotatable bonds is 5. The molecule has 3 heterocycles. The largest absolute Gasteiger partial charge is 0.301 e. The number of thiophene rings is 1. The molecule has 0 spiro atoms. The molecule has 11 heteroatoms. The van der Waals surface area contributed by atoms with Gasteiger partial charge in [-0.3, -0.25) is 4.79 Å². The fourth-order valence-electron chi connectivity index (χ4n) is 3.12. The van der Waals surface area contributed by atoms with Crippen LogP contribution in [0.15, 0.2) is 39.4 Å². The molecule has 1 fully saturated rings. The second kappa shape index (κ2) is 7.92. The number of halogens is 1. The van der Waals surface area contributed by atoms with Gasteiger partial charge in [-0.2, -0.15) is 4.31 Å². The lowest BCUT2D eigenvalue weighted by molar-refractivity contribution is -0.119. The number of amides is 1. The molecule has 28 heavy (non-hydrogen) atoms. The smallest absolute Gasteiger partial charge is 0.253 e.